The van der Waals surface area contributed by atoms with Crippen molar-refractivity contribution in [2.75, 3.05) is 30.7 Å². The van der Waals surface area contributed by atoms with Crippen molar-refractivity contribution in [2.24, 2.45) is 14.1 Å². The van der Waals surface area contributed by atoms with Crippen molar-refractivity contribution in [3.63, 3.8) is 0 Å². The molecule has 31 heavy (non-hydrogen) atoms. The smallest absolute Gasteiger partial charge is 0.330 e. The quantitative estimate of drug-likeness (QED) is 0.549. The van der Waals surface area contributed by atoms with Gasteiger partial charge in [-0.3, -0.25) is 19.0 Å². The summed E-state index contributed by atoms with van der Waals surface area (Å²) in [5, 5.41) is 0. The molecule has 2 rings (SSSR count). The highest BCUT2D eigenvalue weighted by Crippen LogP contribution is 2.16. The third kappa shape index (κ3) is 7.55. The first-order chi connectivity index (χ1) is 14.5. The van der Waals surface area contributed by atoms with Gasteiger partial charge in [-0.05, 0) is 57.5 Å². The Bertz CT molecular complexity index is 1090. The number of aryl methyl sites for hydroxylation is 1. The van der Waals surface area contributed by atoms with E-state index in [0.29, 0.717) is 30.5 Å². The minimum atomic E-state index is -3.30. The molecule has 0 aliphatic rings. The number of aromatic nitrogens is 2. The van der Waals surface area contributed by atoms with Gasteiger partial charge in [0.25, 0.3) is 5.56 Å². The van der Waals surface area contributed by atoms with Gasteiger partial charge >= 0.3 is 5.69 Å². The van der Waals surface area contributed by atoms with Crippen LogP contribution in [0, 0.1) is 0 Å². The SMILES string of the molecule is CC(C)N(CCCc1cc(=O)n(C)c(=O)n1C)CCOc1ccc(NS(C)(=O)=O)cc1. The van der Waals surface area contributed by atoms with E-state index in [0.717, 1.165) is 36.0 Å². The van der Waals surface area contributed by atoms with Gasteiger partial charge in [0.2, 0.25) is 10.0 Å². The molecule has 0 unspecified atom stereocenters. The second kappa shape index (κ2) is 10.6. The fourth-order valence-corrected chi connectivity index (χ4v) is 3.79. The Balaban J connectivity index is 1.86. The predicted molar refractivity (Wildman–Crippen MR) is 122 cm³/mol. The molecule has 0 radical (unpaired) electrons. The molecule has 0 aliphatic carbocycles. The van der Waals surface area contributed by atoms with Gasteiger partial charge in [-0.15, -0.1) is 0 Å². The minimum Gasteiger partial charge on any atom is -0.492 e. The highest BCUT2D eigenvalue weighted by atomic mass is 32.2. The van der Waals surface area contributed by atoms with E-state index < -0.39 is 10.0 Å². The maximum absolute atomic E-state index is 12.0. The Kier molecular flexibility index (Phi) is 8.46. The van der Waals surface area contributed by atoms with Crippen molar-refractivity contribution in [1.29, 1.82) is 0 Å². The highest BCUT2D eigenvalue weighted by Gasteiger charge is 2.11. The number of rotatable bonds is 11. The summed E-state index contributed by atoms with van der Waals surface area (Å²) < 4.78 is 33.3. The third-order valence-corrected chi connectivity index (χ3v) is 5.65. The highest BCUT2D eigenvalue weighted by molar-refractivity contribution is 7.92. The third-order valence-electron chi connectivity index (χ3n) is 5.04. The summed E-state index contributed by atoms with van der Waals surface area (Å²) in [6, 6.07) is 8.60. The van der Waals surface area contributed by atoms with Crippen LogP contribution in [0.2, 0.25) is 0 Å². The Hall–Kier alpha value is -2.59. The summed E-state index contributed by atoms with van der Waals surface area (Å²) in [6.45, 7) is 6.23. The molecule has 1 aromatic carbocycles. The van der Waals surface area contributed by atoms with Crippen LogP contribution in [0.5, 0.6) is 5.75 Å². The summed E-state index contributed by atoms with van der Waals surface area (Å²) in [7, 11) is -0.142. The minimum absolute atomic E-state index is 0.287. The first-order valence-corrected chi connectivity index (χ1v) is 12.1. The number of hydrogen-bond donors (Lipinski definition) is 1. The van der Waals surface area contributed by atoms with Gasteiger partial charge in [0, 0.05) is 44.1 Å². The molecule has 0 fully saturated rings. The molecular formula is C21H32N4O5S. The van der Waals surface area contributed by atoms with Crippen molar-refractivity contribution < 1.29 is 13.2 Å². The van der Waals surface area contributed by atoms with Crippen LogP contribution < -0.4 is 20.7 Å². The Morgan fingerprint density at radius 3 is 2.29 bits per heavy atom. The molecule has 1 aromatic heterocycles. The van der Waals surface area contributed by atoms with Crippen molar-refractivity contribution in [3.8, 4) is 5.75 Å². The second-order valence-electron chi connectivity index (χ2n) is 7.85. The lowest BCUT2D eigenvalue weighted by molar-refractivity contribution is 0.174. The van der Waals surface area contributed by atoms with Crippen LogP contribution in [0.3, 0.4) is 0 Å². The molecule has 0 bridgehead atoms. The molecule has 1 N–H and O–H groups in total. The molecule has 0 saturated heterocycles. The second-order valence-corrected chi connectivity index (χ2v) is 9.60. The number of benzene rings is 1. The molecule has 10 heteroatoms. The summed E-state index contributed by atoms with van der Waals surface area (Å²) in [6.07, 6.45) is 2.56. The fourth-order valence-electron chi connectivity index (χ4n) is 3.22. The Morgan fingerprint density at radius 1 is 1.06 bits per heavy atom. The number of ether oxygens (including phenoxy) is 1. The molecule has 0 aliphatic heterocycles. The average Bonchev–Trinajstić information content (AvgIpc) is 2.68. The van der Waals surface area contributed by atoms with E-state index in [-0.39, 0.29) is 11.2 Å². The molecule has 2 aromatic rings. The zero-order chi connectivity index (χ0) is 23.2. The Labute approximate surface area is 183 Å². The van der Waals surface area contributed by atoms with Gasteiger partial charge in [0.1, 0.15) is 12.4 Å². The molecule has 0 spiro atoms. The predicted octanol–water partition coefficient (Wildman–Crippen LogP) is 1.18. The van der Waals surface area contributed by atoms with E-state index in [4.69, 9.17) is 4.74 Å². The first-order valence-electron chi connectivity index (χ1n) is 10.2. The van der Waals surface area contributed by atoms with E-state index in [1.54, 1.807) is 31.3 Å². The molecule has 0 atom stereocenters. The van der Waals surface area contributed by atoms with E-state index in [1.807, 2.05) is 0 Å². The van der Waals surface area contributed by atoms with Gasteiger partial charge in [-0.1, -0.05) is 0 Å². The summed E-state index contributed by atoms with van der Waals surface area (Å²) in [5.41, 5.74) is 0.624. The van der Waals surface area contributed by atoms with Crippen molar-refractivity contribution >= 4 is 15.7 Å². The molecule has 0 amide bonds. The number of nitrogens with zero attached hydrogens (tertiary/aromatic N) is 3. The average molecular weight is 453 g/mol. The molecule has 172 valence electrons. The van der Waals surface area contributed by atoms with Gasteiger partial charge < -0.3 is 9.30 Å². The zero-order valence-corrected chi connectivity index (χ0v) is 19.6. The normalized spacial score (nSPS) is 11.8. The van der Waals surface area contributed by atoms with Crippen LogP contribution in [0.4, 0.5) is 5.69 Å². The monoisotopic (exact) mass is 452 g/mol. The number of nitrogens with one attached hydrogen (secondary N) is 1. The van der Waals surface area contributed by atoms with E-state index in [9.17, 15) is 18.0 Å². The lowest BCUT2D eigenvalue weighted by Crippen LogP contribution is -2.38. The van der Waals surface area contributed by atoms with E-state index in [2.05, 4.69) is 23.5 Å². The van der Waals surface area contributed by atoms with Gasteiger partial charge in [-0.25, -0.2) is 13.2 Å². The van der Waals surface area contributed by atoms with Crippen LogP contribution >= 0.6 is 0 Å². The number of hydrogen-bond acceptors (Lipinski definition) is 6. The molecule has 0 saturated carbocycles. The van der Waals surface area contributed by atoms with Gasteiger partial charge in [0.05, 0.1) is 6.26 Å². The Morgan fingerprint density at radius 2 is 1.71 bits per heavy atom. The topological polar surface area (TPSA) is 103 Å². The largest absolute Gasteiger partial charge is 0.492 e. The van der Waals surface area contributed by atoms with Crippen LogP contribution in [-0.2, 0) is 30.5 Å². The summed E-state index contributed by atoms with van der Waals surface area (Å²) in [5.74, 6) is 0.665. The van der Waals surface area contributed by atoms with Crippen LogP contribution in [0.25, 0.3) is 0 Å². The first kappa shape index (κ1) is 24.7. The molecule has 1 heterocycles. The van der Waals surface area contributed by atoms with Crippen LogP contribution in [0.15, 0.2) is 39.9 Å². The lowest BCUT2D eigenvalue weighted by Gasteiger charge is -2.26. The number of sulfonamides is 1. The maximum Gasteiger partial charge on any atom is 0.330 e. The van der Waals surface area contributed by atoms with E-state index >= 15 is 0 Å². The van der Waals surface area contributed by atoms with E-state index in [1.165, 1.54) is 17.7 Å². The lowest BCUT2D eigenvalue weighted by atomic mass is 10.2. The van der Waals surface area contributed by atoms with Crippen LogP contribution in [0.1, 0.15) is 26.0 Å². The van der Waals surface area contributed by atoms with Crippen molar-refractivity contribution in [3.05, 3.63) is 56.9 Å². The molecular weight excluding hydrogens is 420 g/mol. The van der Waals surface area contributed by atoms with Gasteiger partial charge in [0.15, 0.2) is 0 Å². The fraction of sp³-hybridized carbons (Fsp3) is 0.524. The van der Waals surface area contributed by atoms with Crippen LogP contribution in [-0.4, -0.2) is 54.4 Å². The summed E-state index contributed by atoms with van der Waals surface area (Å²) >= 11 is 0. The van der Waals surface area contributed by atoms with Gasteiger partial charge in [-0.2, -0.15) is 0 Å². The maximum atomic E-state index is 12.0. The molecule has 9 nitrogen and oxygen atoms in total. The van der Waals surface area contributed by atoms with Crippen molar-refractivity contribution in [1.82, 2.24) is 14.0 Å². The van der Waals surface area contributed by atoms with Crippen molar-refractivity contribution in [2.45, 2.75) is 32.7 Å². The zero-order valence-electron chi connectivity index (χ0n) is 18.8. The number of anilines is 1. The standard InChI is InChI=1S/C21H32N4O5S/c1-16(2)25(12-6-7-18-15-20(26)24(4)21(27)23(18)3)13-14-30-19-10-8-17(9-11-19)22-31(5,28)29/h8-11,15-16,22H,6-7,12-14H2,1-5H3. The summed E-state index contributed by atoms with van der Waals surface area (Å²) in [4.78, 5) is 26.2.